The van der Waals surface area contributed by atoms with Crippen molar-refractivity contribution >= 4 is 82.5 Å². The molecule has 0 aliphatic carbocycles. The first-order valence-electron chi connectivity index (χ1n) is 23.8. The average molecular weight is 889 g/mol. The van der Waals surface area contributed by atoms with Crippen molar-refractivity contribution in [2.75, 3.05) is 16.5 Å². The third-order valence-electron chi connectivity index (χ3n) is 14.0. The van der Waals surface area contributed by atoms with Crippen LogP contribution in [-0.4, -0.2) is 16.1 Å². The first-order chi connectivity index (χ1) is 33.9. The molecule has 0 fully saturated rings. The van der Waals surface area contributed by atoms with Crippen LogP contribution in [0.5, 0.6) is 11.5 Å². The maximum Gasteiger partial charge on any atom is 0.145 e. The summed E-state index contributed by atoms with van der Waals surface area (Å²) in [7, 11) is 0. The highest BCUT2D eigenvalue weighted by atomic mass is 16.5. The van der Waals surface area contributed by atoms with E-state index in [0.717, 1.165) is 61.4 Å². The molecule has 330 valence electrons. The van der Waals surface area contributed by atoms with Crippen LogP contribution in [0.25, 0.3) is 82.0 Å². The van der Waals surface area contributed by atoms with Crippen LogP contribution in [0.4, 0.5) is 22.7 Å². The summed E-state index contributed by atoms with van der Waals surface area (Å²) in [6.45, 7) is 7.40. The minimum atomic E-state index is -0.0952. The van der Waals surface area contributed by atoms with Gasteiger partial charge in [0.15, 0.2) is 0 Å². The van der Waals surface area contributed by atoms with E-state index in [1.165, 1.54) is 60.4 Å². The van der Waals surface area contributed by atoms with Gasteiger partial charge in [-0.3, -0.25) is 4.40 Å². The van der Waals surface area contributed by atoms with Crippen LogP contribution in [0, 0.1) is 0 Å². The lowest BCUT2D eigenvalue weighted by atomic mass is 9.87. The summed E-state index contributed by atoms with van der Waals surface area (Å²) in [6, 6.07) is 78.6. The van der Waals surface area contributed by atoms with Crippen LogP contribution in [-0.2, 0) is 5.41 Å². The number of hydrogen-bond donors (Lipinski definition) is 0. The van der Waals surface area contributed by atoms with E-state index >= 15 is 0 Å². The van der Waals surface area contributed by atoms with Gasteiger partial charge in [-0.2, -0.15) is 0 Å². The van der Waals surface area contributed by atoms with E-state index in [4.69, 9.17) is 9.72 Å². The predicted octanol–water partition coefficient (Wildman–Crippen LogP) is 17.3. The Morgan fingerprint density at radius 3 is 1.61 bits per heavy atom. The van der Waals surface area contributed by atoms with Crippen LogP contribution in [0.1, 0.15) is 26.3 Å². The van der Waals surface area contributed by atoms with E-state index in [-0.39, 0.29) is 5.41 Å². The van der Waals surface area contributed by atoms with Gasteiger partial charge in [0.2, 0.25) is 0 Å². The molecule has 1 aliphatic heterocycles. The molecule has 5 nitrogen and oxygen atoms in total. The van der Waals surface area contributed by atoms with E-state index in [1.54, 1.807) is 0 Å². The van der Waals surface area contributed by atoms with Gasteiger partial charge in [0.05, 0.1) is 28.1 Å². The molecule has 0 radical (unpaired) electrons. The fraction of sp³-hybridized carbons (Fsp3) is 0.0781. The topological polar surface area (TPSA) is 33.0 Å². The second-order valence-corrected chi connectivity index (χ2v) is 19.2. The minimum absolute atomic E-state index is 0.0952. The van der Waals surface area contributed by atoms with Gasteiger partial charge in [-0.05, 0) is 86.1 Å². The normalized spacial score (nSPS) is 12.7. The van der Waals surface area contributed by atoms with Crippen molar-refractivity contribution in [2.45, 2.75) is 26.2 Å². The largest absolute Gasteiger partial charge is 0.457 e. The Morgan fingerprint density at radius 1 is 0.435 bits per heavy atom. The maximum absolute atomic E-state index is 6.95. The van der Waals surface area contributed by atoms with Gasteiger partial charge in [0, 0.05) is 56.7 Å². The van der Waals surface area contributed by atoms with E-state index in [0.29, 0.717) is 6.67 Å². The molecule has 0 saturated carbocycles. The molecule has 9 aromatic carbocycles. The Bertz CT molecular complexity index is 3960. The zero-order valence-corrected chi connectivity index (χ0v) is 38.8. The van der Waals surface area contributed by atoms with E-state index in [2.05, 4.69) is 260 Å². The molecular formula is C64H48N4O. The molecule has 0 saturated heterocycles. The second-order valence-electron chi connectivity index (χ2n) is 19.2. The first kappa shape index (κ1) is 40.6. The lowest BCUT2D eigenvalue weighted by molar-refractivity contribution is 0.483. The first-order valence-corrected chi connectivity index (χ1v) is 23.8. The highest BCUT2D eigenvalue weighted by Gasteiger charge is 2.31. The zero-order chi connectivity index (χ0) is 46.2. The van der Waals surface area contributed by atoms with Crippen molar-refractivity contribution < 1.29 is 4.74 Å². The van der Waals surface area contributed by atoms with Crippen molar-refractivity contribution in [1.82, 2.24) is 9.38 Å². The van der Waals surface area contributed by atoms with Crippen LogP contribution >= 0.6 is 0 Å². The van der Waals surface area contributed by atoms with Gasteiger partial charge >= 0.3 is 0 Å². The summed E-state index contributed by atoms with van der Waals surface area (Å²) in [5.41, 5.74) is 13.4. The molecule has 0 spiro atoms. The second kappa shape index (κ2) is 16.0. The Morgan fingerprint density at radius 2 is 0.957 bits per heavy atom. The molecule has 0 unspecified atom stereocenters. The van der Waals surface area contributed by atoms with Crippen LogP contribution in [0.3, 0.4) is 0 Å². The molecule has 0 bridgehead atoms. The Hall–Kier alpha value is -8.67. The van der Waals surface area contributed by atoms with Crippen molar-refractivity contribution in [2.24, 2.45) is 0 Å². The van der Waals surface area contributed by atoms with Crippen molar-refractivity contribution in [3.05, 3.63) is 230 Å². The molecule has 3 aromatic heterocycles. The molecule has 13 rings (SSSR count). The van der Waals surface area contributed by atoms with Gasteiger partial charge < -0.3 is 14.5 Å². The zero-order valence-electron chi connectivity index (χ0n) is 38.8. The Kier molecular flexibility index (Phi) is 9.41. The van der Waals surface area contributed by atoms with Gasteiger partial charge in [0.1, 0.15) is 23.8 Å². The molecule has 0 atom stereocenters. The van der Waals surface area contributed by atoms with Crippen molar-refractivity contribution in [1.29, 1.82) is 0 Å². The fourth-order valence-electron chi connectivity index (χ4n) is 10.7. The Balaban J connectivity index is 0.962. The number of pyridine rings is 1. The number of fused-ring (bicyclic) bond motifs is 11. The molecule has 69 heavy (non-hydrogen) atoms. The van der Waals surface area contributed by atoms with Gasteiger partial charge in [-0.15, -0.1) is 0 Å². The molecule has 4 heterocycles. The Labute approximate surface area is 401 Å². The number of hydrogen-bond acceptors (Lipinski definition) is 4. The molecule has 1 aliphatic rings. The van der Waals surface area contributed by atoms with E-state index < -0.39 is 0 Å². The number of benzene rings is 9. The van der Waals surface area contributed by atoms with E-state index in [9.17, 15) is 0 Å². The molecule has 0 amide bonds. The quantitative estimate of drug-likeness (QED) is 0.167. The maximum atomic E-state index is 6.95. The molecule has 0 N–H and O–H groups in total. The third kappa shape index (κ3) is 6.72. The molecule has 12 aromatic rings. The standard InChI is InChI=1S/C64H48N4O/c1-64(2,3)44-37-57-53-28-13-11-26-51(53)50-25-10-12-27-52(50)55-31-18-32-56-54-36-35-47(39-60(54)68(62(55)56)63(57)65-40-44)69-46-24-16-23-45(38-46)66-41-67(59-34-15-14-33-58(59)66)61-48(42-19-6-4-7-20-42)29-17-30-49(61)43-21-8-5-9-22-43/h4-40H,41H2,1-3H3. The van der Waals surface area contributed by atoms with Crippen LogP contribution in [0.15, 0.2) is 225 Å². The minimum Gasteiger partial charge on any atom is -0.457 e. The highest BCUT2D eigenvalue weighted by molar-refractivity contribution is 6.25. The number of ether oxygens (including phenoxy) is 1. The highest BCUT2D eigenvalue weighted by Crippen LogP contribution is 2.50. The number of aromatic nitrogens is 2. The third-order valence-corrected chi connectivity index (χ3v) is 14.0. The summed E-state index contributed by atoms with van der Waals surface area (Å²) in [4.78, 5) is 10.3. The lowest BCUT2D eigenvalue weighted by Crippen LogP contribution is -2.24. The monoisotopic (exact) mass is 888 g/mol. The number of rotatable bonds is 6. The smallest absolute Gasteiger partial charge is 0.145 e. The van der Waals surface area contributed by atoms with Crippen molar-refractivity contribution in [3.8, 4) is 33.8 Å². The summed E-state index contributed by atoms with van der Waals surface area (Å²) >= 11 is 0. The summed E-state index contributed by atoms with van der Waals surface area (Å²) in [5, 5.41) is 9.34. The van der Waals surface area contributed by atoms with Gasteiger partial charge in [0.25, 0.3) is 0 Å². The molecule has 5 heteroatoms. The van der Waals surface area contributed by atoms with Crippen molar-refractivity contribution in [3.63, 3.8) is 0 Å². The number of para-hydroxylation sites is 4. The van der Waals surface area contributed by atoms with Crippen LogP contribution < -0.4 is 14.5 Å². The SMILES string of the molecule is CC(C)(C)c1cnc2c(c1)c1ccccc1c1ccccc1c1cccc3c4ccc(Oc5cccc(N6CN(c7c(-c8ccccc8)cccc7-c7ccccc7)c7ccccc76)c5)cc4n2c13. The summed E-state index contributed by atoms with van der Waals surface area (Å²) in [5.74, 6) is 1.51. The number of nitrogens with zero attached hydrogens (tertiary/aromatic N) is 4. The fourth-order valence-corrected chi connectivity index (χ4v) is 10.7. The van der Waals surface area contributed by atoms with E-state index in [1.807, 2.05) is 0 Å². The molecular weight excluding hydrogens is 841 g/mol. The van der Waals surface area contributed by atoms with Crippen LogP contribution in [0.2, 0.25) is 0 Å². The number of anilines is 4. The average Bonchev–Trinajstić information content (AvgIpc) is 3.95. The van der Waals surface area contributed by atoms with Gasteiger partial charge in [-0.25, -0.2) is 4.98 Å². The summed E-state index contributed by atoms with van der Waals surface area (Å²) < 4.78 is 9.34. The lowest BCUT2D eigenvalue weighted by Gasteiger charge is -2.27. The predicted molar refractivity (Wildman–Crippen MR) is 290 cm³/mol. The van der Waals surface area contributed by atoms with Gasteiger partial charge in [-0.1, -0.05) is 185 Å². The summed E-state index contributed by atoms with van der Waals surface area (Å²) in [6.07, 6.45) is 2.07.